The van der Waals surface area contributed by atoms with Crippen LogP contribution in [0.1, 0.15) is 24.8 Å². The molecule has 0 atom stereocenters. The molecule has 0 aliphatic heterocycles. The van der Waals surface area contributed by atoms with Gasteiger partial charge in [-0.1, -0.05) is 18.2 Å². The normalized spacial score (nSPS) is 17.0. The average molecular weight is 299 g/mol. The van der Waals surface area contributed by atoms with E-state index in [4.69, 9.17) is 4.74 Å². The van der Waals surface area contributed by atoms with E-state index in [2.05, 4.69) is 5.32 Å². The molecule has 1 amide bonds. The van der Waals surface area contributed by atoms with Gasteiger partial charge in [-0.2, -0.15) is 8.78 Å². The van der Waals surface area contributed by atoms with Crippen molar-refractivity contribution < 1.29 is 23.4 Å². The summed E-state index contributed by atoms with van der Waals surface area (Å²) in [6.07, 6.45) is 0.810. The van der Waals surface area contributed by atoms with E-state index in [1.54, 1.807) is 12.1 Å². The first-order valence-electron chi connectivity index (χ1n) is 6.91. The molecule has 0 radical (unpaired) electrons. The van der Waals surface area contributed by atoms with E-state index >= 15 is 0 Å². The highest BCUT2D eigenvalue weighted by Gasteiger charge is 2.60. The Kier molecular flexibility index (Phi) is 4.46. The van der Waals surface area contributed by atoms with E-state index in [0.29, 0.717) is 18.6 Å². The number of carbonyl (C=O) groups is 1. The van der Waals surface area contributed by atoms with Crippen LogP contribution in [0, 0.1) is 0 Å². The number of benzene rings is 1. The minimum atomic E-state index is -3.74. The zero-order valence-corrected chi connectivity index (χ0v) is 11.9. The van der Waals surface area contributed by atoms with Crippen molar-refractivity contribution in [3.8, 4) is 5.75 Å². The van der Waals surface area contributed by atoms with Crippen LogP contribution in [-0.2, 0) is 11.2 Å². The molecule has 0 bridgehead atoms. The van der Waals surface area contributed by atoms with Crippen LogP contribution in [-0.4, -0.2) is 36.2 Å². The molecule has 2 N–H and O–H groups in total. The predicted octanol–water partition coefficient (Wildman–Crippen LogP) is 1.90. The first kappa shape index (κ1) is 15.7. The molecule has 116 valence electrons. The largest absolute Gasteiger partial charge is 0.496 e. The molecule has 4 nitrogen and oxygen atoms in total. The lowest BCUT2D eigenvalue weighted by Crippen LogP contribution is -2.60. The number of rotatable bonds is 6. The molecule has 0 saturated heterocycles. The molecule has 0 heterocycles. The summed E-state index contributed by atoms with van der Waals surface area (Å²) in [6.45, 7) is 0.0604. The number of aliphatic hydroxyl groups is 1. The maximum absolute atomic E-state index is 13.8. The van der Waals surface area contributed by atoms with Crippen molar-refractivity contribution in [1.82, 2.24) is 5.32 Å². The van der Waals surface area contributed by atoms with E-state index in [0.717, 1.165) is 5.56 Å². The Balaban J connectivity index is 1.90. The zero-order valence-electron chi connectivity index (χ0n) is 11.9. The molecular weight excluding hydrogens is 280 g/mol. The van der Waals surface area contributed by atoms with Crippen molar-refractivity contribution in [2.24, 2.45) is 0 Å². The molecular formula is C15H19F2NO3. The maximum Gasteiger partial charge on any atom is 0.352 e. The molecule has 2 rings (SSSR count). The van der Waals surface area contributed by atoms with Gasteiger partial charge >= 0.3 is 5.92 Å². The van der Waals surface area contributed by atoms with E-state index in [9.17, 15) is 18.7 Å². The van der Waals surface area contributed by atoms with Crippen LogP contribution in [0.3, 0.4) is 0 Å². The number of alkyl halides is 2. The molecule has 6 heteroatoms. The number of hydrogen-bond acceptors (Lipinski definition) is 3. The summed E-state index contributed by atoms with van der Waals surface area (Å²) in [6, 6.07) is 7.19. The Morgan fingerprint density at radius 1 is 1.43 bits per heavy atom. The van der Waals surface area contributed by atoms with Gasteiger partial charge in [-0.05, 0) is 37.3 Å². The summed E-state index contributed by atoms with van der Waals surface area (Å²) in [5.41, 5.74) is -1.35. The predicted molar refractivity (Wildman–Crippen MR) is 73.5 cm³/mol. The van der Waals surface area contributed by atoms with Gasteiger partial charge in [0.05, 0.1) is 7.11 Å². The number of para-hydroxylation sites is 1. The van der Waals surface area contributed by atoms with Crippen molar-refractivity contribution in [3.05, 3.63) is 29.8 Å². The lowest BCUT2D eigenvalue weighted by Gasteiger charge is -2.41. The molecule has 1 aliphatic carbocycles. The Morgan fingerprint density at radius 2 is 2.10 bits per heavy atom. The second-order valence-corrected chi connectivity index (χ2v) is 5.28. The Morgan fingerprint density at radius 3 is 2.67 bits per heavy atom. The molecule has 1 aliphatic rings. The van der Waals surface area contributed by atoms with Gasteiger partial charge in [0.15, 0.2) is 0 Å². The van der Waals surface area contributed by atoms with Crippen molar-refractivity contribution in [2.75, 3.05) is 13.7 Å². The summed E-state index contributed by atoms with van der Waals surface area (Å²) in [5.74, 6) is -4.51. The number of nitrogens with one attached hydrogen (secondary N) is 1. The standard InChI is InChI=1S/C15H19F2NO3/c1-21-12-6-3-2-5-11(12)7-10-18-13(19)15(16,17)14(20)8-4-9-14/h2-3,5-6,20H,4,7-10H2,1H3,(H,18,19). The summed E-state index contributed by atoms with van der Waals surface area (Å²) in [4.78, 5) is 11.6. The topological polar surface area (TPSA) is 58.6 Å². The van der Waals surface area contributed by atoms with Gasteiger partial charge in [0.1, 0.15) is 11.4 Å². The second-order valence-electron chi connectivity index (χ2n) is 5.28. The van der Waals surface area contributed by atoms with Crippen molar-refractivity contribution in [2.45, 2.75) is 37.2 Å². The minimum Gasteiger partial charge on any atom is -0.496 e. The van der Waals surface area contributed by atoms with Gasteiger partial charge in [0, 0.05) is 6.54 Å². The summed E-state index contributed by atoms with van der Waals surface area (Å²) >= 11 is 0. The van der Waals surface area contributed by atoms with Crippen LogP contribution in [0.5, 0.6) is 5.75 Å². The summed E-state index contributed by atoms with van der Waals surface area (Å²) < 4.78 is 32.8. The van der Waals surface area contributed by atoms with E-state index in [1.807, 2.05) is 12.1 Å². The van der Waals surface area contributed by atoms with Crippen LogP contribution in [0.15, 0.2) is 24.3 Å². The minimum absolute atomic E-state index is 0.0417. The molecule has 1 aromatic carbocycles. The summed E-state index contributed by atoms with van der Waals surface area (Å²) in [5, 5.41) is 11.9. The van der Waals surface area contributed by atoms with Gasteiger partial charge in [-0.15, -0.1) is 0 Å². The molecule has 1 aromatic rings. The first-order valence-corrected chi connectivity index (χ1v) is 6.91. The number of methoxy groups -OCH3 is 1. The number of amides is 1. The Bertz CT molecular complexity index is 515. The van der Waals surface area contributed by atoms with E-state index < -0.39 is 17.4 Å². The third-order valence-electron chi connectivity index (χ3n) is 3.92. The third-order valence-corrected chi connectivity index (χ3v) is 3.92. The molecule has 0 aromatic heterocycles. The number of halogens is 2. The monoisotopic (exact) mass is 299 g/mol. The average Bonchev–Trinajstić information content (AvgIpc) is 2.44. The molecule has 0 spiro atoms. The van der Waals surface area contributed by atoms with Gasteiger partial charge in [0.2, 0.25) is 0 Å². The van der Waals surface area contributed by atoms with Gasteiger partial charge < -0.3 is 15.2 Å². The number of carbonyl (C=O) groups excluding carboxylic acids is 1. The van der Waals surface area contributed by atoms with Crippen LogP contribution >= 0.6 is 0 Å². The molecule has 21 heavy (non-hydrogen) atoms. The second kappa shape index (κ2) is 5.97. The molecule has 1 saturated carbocycles. The Hall–Kier alpha value is -1.69. The summed E-state index contributed by atoms with van der Waals surface area (Å²) in [7, 11) is 1.53. The highest BCUT2D eigenvalue weighted by Crippen LogP contribution is 2.44. The van der Waals surface area contributed by atoms with Gasteiger partial charge in [-0.25, -0.2) is 0 Å². The lowest BCUT2D eigenvalue weighted by atomic mass is 9.75. The van der Waals surface area contributed by atoms with Crippen LogP contribution in [0.25, 0.3) is 0 Å². The molecule has 1 fully saturated rings. The lowest BCUT2D eigenvalue weighted by molar-refractivity contribution is -0.215. The van der Waals surface area contributed by atoms with Crippen LogP contribution in [0.2, 0.25) is 0 Å². The zero-order chi connectivity index (χ0) is 15.5. The highest BCUT2D eigenvalue weighted by atomic mass is 19.3. The van der Waals surface area contributed by atoms with Gasteiger partial charge in [0.25, 0.3) is 5.91 Å². The highest BCUT2D eigenvalue weighted by molar-refractivity contribution is 5.85. The quantitative estimate of drug-likeness (QED) is 0.843. The Labute approximate surface area is 122 Å². The fourth-order valence-corrected chi connectivity index (χ4v) is 2.37. The van der Waals surface area contributed by atoms with E-state index in [1.165, 1.54) is 7.11 Å². The number of hydrogen-bond donors (Lipinski definition) is 2. The maximum atomic E-state index is 13.8. The van der Waals surface area contributed by atoms with Gasteiger partial charge in [-0.3, -0.25) is 4.79 Å². The van der Waals surface area contributed by atoms with E-state index in [-0.39, 0.29) is 19.4 Å². The van der Waals surface area contributed by atoms with Crippen LogP contribution < -0.4 is 10.1 Å². The SMILES string of the molecule is COc1ccccc1CCNC(=O)C(F)(F)C1(O)CCC1. The fraction of sp³-hybridized carbons (Fsp3) is 0.533. The molecule has 0 unspecified atom stereocenters. The van der Waals surface area contributed by atoms with Crippen LogP contribution in [0.4, 0.5) is 8.78 Å². The third kappa shape index (κ3) is 3.00. The van der Waals surface area contributed by atoms with Crippen molar-refractivity contribution in [3.63, 3.8) is 0 Å². The first-order chi connectivity index (χ1) is 9.90. The van der Waals surface area contributed by atoms with Crippen molar-refractivity contribution >= 4 is 5.91 Å². The van der Waals surface area contributed by atoms with Crippen molar-refractivity contribution in [1.29, 1.82) is 0 Å². The number of ether oxygens (including phenoxy) is 1. The smallest absolute Gasteiger partial charge is 0.352 e. The fourth-order valence-electron chi connectivity index (χ4n) is 2.37.